The standard InChI is InChI=1S/C26H28N2O4/c29-25(30)26(21-5-2-1-3-6-21)12-15-28(16-13-26)17-19-8-10-20(11-9-19)23-18-31-22-7-4-14-27-24(22)32-23/h1-11,14,23,25,29-30H,12-13,15-18H2. The molecule has 1 saturated heterocycles. The van der Waals surface area contributed by atoms with Crippen molar-refractivity contribution in [2.24, 2.45) is 0 Å². The van der Waals surface area contributed by atoms with Gasteiger partial charge in [-0.1, -0.05) is 54.6 Å². The molecule has 1 aromatic heterocycles. The summed E-state index contributed by atoms with van der Waals surface area (Å²) >= 11 is 0. The number of benzene rings is 2. The number of rotatable bonds is 5. The fourth-order valence-corrected chi connectivity index (χ4v) is 4.75. The Bertz CT molecular complexity index is 1030. The van der Waals surface area contributed by atoms with Gasteiger partial charge in [-0.15, -0.1) is 0 Å². The lowest BCUT2D eigenvalue weighted by Gasteiger charge is -2.43. The van der Waals surface area contributed by atoms with E-state index in [-0.39, 0.29) is 6.10 Å². The van der Waals surface area contributed by atoms with Crippen molar-refractivity contribution in [2.75, 3.05) is 19.7 Å². The van der Waals surface area contributed by atoms with Crippen molar-refractivity contribution in [1.29, 1.82) is 0 Å². The first-order chi connectivity index (χ1) is 15.6. The number of aromatic nitrogens is 1. The largest absolute Gasteiger partial charge is 0.484 e. The first kappa shape index (κ1) is 20.9. The molecule has 6 heteroatoms. The highest BCUT2D eigenvalue weighted by molar-refractivity contribution is 5.36. The van der Waals surface area contributed by atoms with E-state index in [9.17, 15) is 10.2 Å². The lowest BCUT2D eigenvalue weighted by Crippen LogP contribution is -2.49. The number of nitrogens with zero attached hydrogens (tertiary/aromatic N) is 2. The second-order valence-electron chi connectivity index (χ2n) is 8.64. The lowest BCUT2D eigenvalue weighted by molar-refractivity contribution is -0.118. The van der Waals surface area contributed by atoms with E-state index >= 15 is 0 Å². The molecule has 166 valence electrons. The fraction of sp³-hybridized carbons (Fsp3) is 0.346. The second-order valence-corrected chi connectivity index (χ2v) is 8.64. The van der Waals surface area contributed by atoms with Crippen molar-refractivity contribution in [3.63, 3.8) is 0 Å². The first-order valence-electron chi connectivity index (χ1n) is 11.1. The van der Waals surface area contributed by atoms with E-state index in [2.05, 4.69) is 34.1 Å². The second kappa shape index (κ2) is 8.90. The van der Waals surface area contributed by atoms with E-state index in [0.29, 0.717) is 31.1 Å². The average Bonchev–Trinajstić information content (AvgIpc) is 2.85. The van der Waals surface area contributed by atoms with Crippen LogP contribution in [0.2, 0.25) is 0 Å². The number of ether oxygens (including phenoxy) is 2. The molecular weight excluding hydrogens is 404 g/mol. The van der Waals surface area contributed by atoms with Crippen molar-refractivity contribution in [3.8, 4) is 11.6 Å². The predicted molar refractivity (Wildman–Crippen MR) is 120 cm³/mol. The van der Waals surface area contributed by atoms with Gasteiger partial charge in [0.2, 0.25) is 0 Å². The minimum atomic E-state index is -1.36. The molecule has 2 aliphatic rings. The average molecular weight is 433 g/mol. The monoisotopic (exact) mass is 432 g/mol. The molecule has 5 rings (SSSR count). The number of piperidine rings is 1. The third-order valence-electron chi connectivity index (χ3n) is 6.73. The summed E-state index contributed by atoms with van der Waals surface area (Å²) in [4.78, 5) is 6.62. The van der Waals surface area contributed by atoms with E-state index in [0.717, 1.165) is 30.8 Å². The SMILES string of the molecule is OC(O)C1(c2ccccc2)CCN(Cc2ccc(C3COc4cccnc4O3)cc2)CC1. The van der Waals surface area contributed by atoms with E-state index in [1.165, 1.54) is 5.56 Å². The molecule has 1 unspecified atom stereocenters. The van der Waals surface area contributed by atoms with Gasteiger partial charge in [-0.2, -0.15) is 0 Å². The Morgan fingerprint density at radius 2 is 1.72 bits per heavy atom. The molecular formula is C26H28N2O4. The van der Waals surface area contributed by atoms with E-state index in [1.54, 1.807) is 6.20 Å². The van der Waals surface area contributed by atoms with Crippen LogP contribution in [0, 0.1) is 0 Å². The maximum atomic E-state index is 10.2. The molecule has 2 aliphatic heterocycles. The van der Waals surface area contributed by atoms with Crippen molar-refractivity contribution in [3.05, 3.63) is 89.6 Å². The summed E-state index contributed by atoms with van der Waals surface area (Å²) in [5, 5.41) is 20.4. The minimum Gasteiger partial charge on any atom is -0.484 e. The number of aliphatic hydroxyl groups excluding tert-OH is 1. The molecule has 6 nitrogen and oxygen atoms in total. The van der Waals surface area contributed by atoms with Crippen LogP contribution in [0.1, 0.15) is 35.6 Å². The molecule has 1 fully saturated rings. The Hall–Kier alpha value is -2.93. The quantitative estimate of drug-likeness (QED) is 0.602. The number of fused-ring (bicyclic) bond motifs is 1. The summed E-state index contributed by atoms with van der Waals surface area (Å²) < 4.78 is 11.8. The summed E-state index contributed by atoms with van der Waals surface area (Å²) in [6, 6.07) is 22.0. The molecule has 0 saturated carbocycles. The van der Waals surface area contributed by atoms with E-state index < -0.39 is 11.7 Å². The lowest BCUT2D eigenvalue weighted by atomic mass is 9.72. The molecule has 32 heavy (non-hydrogen) atoms. The molecule has 0 amide bonds. The number of likely N-dealkylation sites (tertiary alicyclic amines) is 1. The highest BCUT2D eigenvalue weighted by atomic mass is 16.6. The van der Waals surface area contributed by atoms with Crippen LogP contribution in [0.4, 0.5) is 0 Å². The molecule has 0 radical (unpaired) electrons. The van der Waals surface area contributed by atoms with Crippen LogP contribution in [0.5, 0.6) is 11.6 Å². The molecule has 0 aliphatic carbocycles. The summed E-state index contributed by atoms with van der Waals surface area (Å²) in [7, 11) is 0. The normalized spacial score (nSPS) is 20.3. The smallest absolute Gasteiger partial charge is 0.257 e. The van der Waals surface area contributed by atoms with Gasteiger partial charge in [-0.05, 0) is 54.8 Å². The van der Waals surface area contributed by atoms with Crippen molar-refractivity contribution >= 4 is 0 Å². The summed E-state index contributed by atoms with van der Waals surface area (Å²) in [6.45, 7) is 2.93. The van der Waals surface area contributed by atoms with Gasteiger partial charge >= 0.3 is 0 Å². The zero-order valence-electron chi connectivity index (χ0n) is 17.9. The zero-order valence-corrected chi connectivity index (χ0v) is 17.9. The number of aliphatic hydroxyl groups is 2. The fourth-order valence-electron chi connectivity index (χ4n) is 4.75. The maximum absolute atomic E-state index is 10.2. The summed E-state index contributed by atoms with van der Waals surface area (Å²) in [5.74, 6) is 1.22. The summed E-state index contributed by atoms with van der Waals surface area (Å²) in [5.41, 5.74) is 2.70. The van der Waals surface area contributed by atoms with Crippen molar-refractivity contribution in [1.82, 2.24) is 9.88 Å². The Morgan fingerprint density at radius 3 is 2.44 bits per heavy atom. The zero-order chi connectivity index (χ0) is 22.0. The Morgan fingerprint density at radius 1 is 0.969 bits per heavy atom. The maximum Gasteiger partial charge on any atom is 0.257 e. The van der Waals surface area contributed by atoms with Crippen molar-refractivity contribution in [2.45, 2.75) is 37.2 Å². The highest BCUT2D eigenvalue weighted by Crippen LogP contribution is 2.38. The Balaban J connectivity index is 1.21. The molecule has 3 aromatic rings. The van der Waals surface area contributed by atoms with Crippen LogP contribution in [0.15, 0.2) is 72.9 Å². The van der Waals surface area contributed by atoms with Gasteiger partial charge in [-0.3, -0.25) is 4.90 Å². The van der Waals surface area contributed by atoms with Crippen LogP contribution in [-0.2, 0) is 12.0 Å². The Labute approximate surface area is 188 Å². The minimum absolute atomic E-state index is 0.168. The van der Waals surface area contributed by atoms with Crippen LogP contribution in [0.3, 0.4) is 0 Å². The third-order valence-corrected chi connectivity index (χ3v) is 6.73. The van der Waals surface area contributed by atoms with Crippen LogP contribution >= 0.6 is 0 Å². The van der Waals surface area contributed by atoms with Gasteiger partial charge in [0.25, 0.3) is 5.88 Å². The molecule has 2 aromatic carbocycles. The van der Waals surface area contributed by atoms with Gasteiger partial charge < -0.3 is 19.7 Å². The predicted octanol–water partition coefficient (Wildman–Crippen LogP) is 3.44. The number of hydrogen-bond acceptors (Lipinski definition) is 6. The van der Waals surface area contributed by atoms with Crippen LogP contribution < -0.4 is 9.47 Å². The third kappa shape index (κ3) is 4.09. The number of pyridine rings is 1. The molecule has 0 bridgehead atoms. The van der Waals surface area contributed by atoms with Gasteiger partial charge in [0.15, 0.2) is 18.1 Å². The van der Waals surface area contributed by atoms with Gasteiger partial charge in [0.1, 0.15) is 6.61 Å². The number of hydrogen-bond donors (Lipinski definition) is 2. The van der Waals surface area contributed by atoms with Gasteiger partial charge in [0.05, 0.1) is 0 Å². The molecule has 1 atom stereocenters. The van der Waals surface area contributed by atoms with Crippen LogP contribution in [0.25, 0.3) is 0 Å². The van der Waals surface area contributed by atoms with Crippen molar-refractivity contribution < 1.29 is 19.7 Å². The van der Waals surface area contributed by atoms with Gasteiger partial charge in [-0.25, -0.2) is 4.98 Å². The van der Waals surface area contributed by atoms with E-state index in [1.807, 2.05) is 42.5 Å². The van der Waals surface area contributed by atoms with E-state index in [4.69, 9.17) is 9.47 Å². The molecule has 2 N–H and O–H groups in total. The molecule has 0 spiro atoms. The molecule has 3 heterocycles. The topological polar surface area (TPSA) is 75.1 Å². The highest BCUT2D eigenvalue weighted by Gasteiger charge is 2.41. The Kier molecular flexibility index (Phi) is 5.83. The van der Waals surface area contributed by atoms with Crippen LogP contribution in [-0.4, -0.2) is 46.1 Å². The summed E-state index contributed by atoms with van der Waals surface area (Å²) in [6.07, 6.45) is 1.61. The first-order valence-corrected chi connectivity index (χ1v) is 11.1. The van der Waals surface area contributed by atoms with Gasteiger partial charge in [0, 0.05) is 18.2 Å².